The molecular weight excluding hydrogens is 422 g/mol. The normalized spacial score (nSPS) is 21.2. The highest BCUT2D eigenvalue weighted by Crippen LogP contribution is 2.29. The first-order valence-electron chi connectivity index (χ1n) is 12.3. The zero-order valence-electron chi connectivity index (χ0n) is 20.4. The number of β-amino-alcohol motifs (C(OH)–C–C–N with tert-alkyl or cyclic N) is 1. The van der Waals surface area contributed by atoms with E-state index < -0.39 is 6.10 Å². The van der Waals surface area contributed by atoms with Gasteiger partial charge in [-0.05, 0) is 47.1 Å². The van der Waals surface area contributed by atoms with Crippen molar-refractivity contribution < 1.29 is 5.11 Å². The van der Waals surface area contributed by atoms with Crippen LogP contribution in [0.15, 0.2) is 60.9 Å². The number of benzene rings is 2. The van der Waals surface area contributed by atoms with E-state index in [0.717, 1.165) is 49.8 Å². The third kappa shape index (κ3) is 4.93. The smallest absolute Gasteiger partial charge is 0.135 e. The van der Waals surface area contributed by atoms with Gasteiger partial charge in [0.15, 0.2) is 0 Å². The minimum absolute atomic E-state index is 0.0887. The first-order valence-corrected chi connectivity index (χ1v) is 12.3. The summed E-state index contributed by atoms with van der Waals surface area (Å²) >= 11 is 0. The number of rotatable bonds is 4. The zero-order valence-corrected chi connectivity index (χ0v) is 20.4. The largest absolute Gasteiger partial charge is 0.390 e. The van der Waals surface area contributed by atoms with Crippen molar-refractivity contribution in [2.24, 2.45) is 0 Å². The highest BCUT2D eigenvalue weighted by atomic mass is 16.3. The third-order valence-corrected chi connectivity index (χ3v) is 7.15. The molecule has 3 aromatic rings. The van der Waals surface area contributed by atoms with Crippen LogP contribution in [0.25, 0.3) is 0 Å². The number of piperidine rings is 1. The average Bonchev–Trinajstić information content (AvgIpc) is 2.83. The van der Waals surface area contributed by atoms with E-state index in [-0.39, 0.29) is 11.5 Å². The number of hydrogen-bond acceptors (Lipinski definition) is 6. The number of nitrogens with zero attached hydrogens (tertiary/aromatic N) is 4. The fourth-order valence-corrected chi connectivity index (χ4v) is 5.15. The predicted octanol–water partition coefficient (Wildman–Crippen LogP) is 4.52. The summed E-state index contributed by atoms with van der Waals surface area (Å²) in [5, 5.41) is 14.5. The lowest BCUT2D eigenvalue weighted by Crippen LogP contribution is -2.55. The Morgan fingerprint density at radius 1 is 0.971 bits per heavy atom. The van der Waals surface area contributed by atoms with Crippen molar-refractivity contribution in [3.63, 3.8) is 0 Å². The summed E-state index contributed by atoms with van der Waals surface area (Å²) in [6.45, 7) is 10.0. The van der Waals surface area contributed by atoms with Crippen LogP contribution in [0, 0.1) is 0 Å². The lowest BCUT2D eigenvalue weighted by molar-refractivity contribution is 0.0293. The van der Waals surface area contributed by atoms with Gasteiger partial charge in [-0.1, -0.05) is 57.2 Å². The van der Waals surface area contributed by atoms with Crippen molar-refractivity contribution in [1.82, 2.24) is 14.9 Å². The molecule has 5 rings (SSSR count). The van der Waals surface area contributed by atoms with Crippen LogP contribution in [-0.4, -0.2) is 51.8 Å². The molecular formula is C28H35N5O. The maximum Gasteiger partial charge on any atom is 0.135 e. The first kappa shape index (κ1) is 22.8. The van der Waals surface area contributed by atoms with Gasteiger partial charge in [0, 0.05) is 44.0 Å². The minimum Gasteiger partial charge on any atom is -0.390 e. The lowest BCUT2D eigenvalue weighted by Gasteiger charge is -2.43. The predicted molar refractivity (Wildman–Crippen MR) is 138 cm³/mol. The Bertz CT molecular complexity index is 1140. The van der Waals surface area contributed by atoms with Crippen LogP contribution in [0.4, 0.5) is 17.3 Å². The molecule has 178 valence electrons. The second kappa shape index (κ2) is 9.35. The second-order valence-corrected chi connectivity index (χ2v) is 10.6. The van der Waals surface area contributed by atoms with E-state index in [1.807, 2.05) is 6.07 Å². The Morgan fingerprint density at radius 3 is 2.59 bits per heavy atom. The van der Waals surface area contributed by atoms with Crippen molar-refractivity contribution in [2.75, 3.05) is 29.9 Å². The Kier molecular flexibility index (Phi) is 6.28. The Hall–Kier alpha value is -2.96. The molecule has 6 nitrogen and oxygen atoms in total. The molecule has 0 spiro atoms. The number of aromatic nitrogens is 2. The van der Waals surface area contributed by atoms with Crippen molar-refractivity contribution in [3.8, 4) is 0 Å². The van der Waals surface area contributed by atoms with Crippen LogP contribution in [-0.2, 0) is 18.4 Å². The molecule has 0 radical (unpaired) electrons. The van der Waals surface area contributed by atoms with Gasteiger partial charge in [-0.15, -0.1) is 0 Å². The molecule has 1 fully saturated rings. The van der Waals surface area contributed by atoms with Crippen molar-refractivity contribution >= 4 is 17.3 Å². The van der Waals surface area contributed by atoms with Gasteiger partial charge in [-0.25, -0.2) is 9.97 Å². The molecule has 3 heterocycles. The fraction of sp³-hybridized carbons (Fsp3) is 0.429. The summed E-state index contributed by atoms with van der Waals surface area (Å²) in [5.41, 5.74) is 5.22. The summed E-state index contributed by atoms with van der Waals surface area (Å²) in [7, 11) is 0. The average molecular weight is 458 g/mol. The lowest BCUT2D eigenvalue weighted by atomic mass is 9.87. The van der Waals surface area contributed by atoms with Gasteiger partial charge in [0.2, 0.25) is 0 Å². The Balaban J connectivity index is 1.24. The van der Waals surface area contributed by atoms with Crippen molar-refractivity contribution in [1.29, 1.82) is 0 Å². The van der Waals surface area contributed by atoms with Gasteiger partial charge in [0.25, 0.3) is 0 Å². The molecule has 1 aromatic heterocycles. The van der Waals surface area contributed by atoms with Crippen LogP contribution < -0.4 is 10.2 Å². The standard InChI is InChI=1S/C28H35N5O/c1-28(2,3)22-9-6-10-23(15-22)31-26-16-27(30-19-29-26)33-14-12-24(25(34)18-33)32-13-11-20-7-4-5-8-21(20)17-32/h4-10,15-16,19,24-25,34H,11-14,17-18H2,1-3H3,(H,29,30,31)/t24-,25-/m0/s1. The van der Waals surface area contributed by atoms with E-state index in [1.165, 1.54) is 16.7 Å². The molecule has 0 amide bonds. The number of aliphatic hydroxyl groups excluding tert-OH is 1. The van der Waals surface area contributed by atoms with E-state index in [2.05, 4.69) is 94.4 Å². The van der Waals surface area contributed by atoms with E-state index in [0.29, 0.717) is 6.54 Å². The molecule has 2 atom stereocenters. The summed E-state index contributed by atoms with van der Waals surface area (Å²) in [4.78, 5) is 13.6. The Morgan fingerprint density at radius 2 is 1.79 bits per heavy atom. The molecule has 1 saturated heterocycles. The Labute approximate surface area is 202 Å². The number of hydrogen-bond donors (Lipinski definition) is 2. The molecule has 0 unspecified atom stereocenters. The van der Waals surface area contributed by atoms with E-state index in [1.54, 1.807) is 6.33 Å². The molecule has 2 aliphatic heterocycles. The zero-order chi connectivity index (χ0) is 23.7. The van der Waals surface area contributed by atoms with Gasteiger partial charge >= 0.3 is 0 Å². The molecule has 2 aromatic carbocycles. The number of nitrogens with one attached hydrogen (secondary N) is 1. The van der Waals surface area contributed by atoms with Crippen molar-refractivity contribution in [3.05, 3.63) is 77.6 Å². The maximum absolute atomic E-state index is 11.1. The van der Waals surface area contributed by atoms with Gasteiger partial charge in [-0.2, -0.15) is 0 Å². The number of aliphatic hydroxyl groups is 1. The summed E-state index contributed by atoms with van der Waals surface area (Å²) < 4.78 is 0. The monoisotopic (exact) mass is 457 g/mol. The van der Waals surface area contributed by atoms with Gasteiger partial charge in [-0.3, -0.25) is 4.90 Å². The van der Waals surface area contributed by atoms with Crippen molar-refractivity contribution in [2.45, 2.75) is 57.7 Å². The minimum atomic E-state index is -0.408. The number of fused-ring (bicyclic) bond motifs is 1. The summed E-state index contributed by atoms with van der Waals surface area (Å²) in [5.74, 6) is 1.62. The summed E-state index contributed by atoms with van der Waals surface area (Å²) in [6, 6.07) is 19.3. The SMILES string of the molecule is CC(C)(C)c1cccc(Nc2cc(N3CC[C@H](N4CCc5ccccc5C4)[C@@H](O)C3)ncn2)c1. The molecule has 6 heteroatoms. The highest BCUT2D eigenvalue weighted by Gasteiger charge is 2.34. The first-order chi connectivity index (χ1) is 16.4. The topological polar surface area (TPSA) is 64.5 Å². The van der Waals surface area contributed by atoms with E-state index in [4.69, 9.17) is 0 Å². The van der Waals surface area contributed by atoms with Crippen LogP contribution >= 0.6 is 0 Å². The quantitative estimate of drug-likeness (QED) is 0.601. The molecule has 2 aliphatic rings. The van der Waals surface area contributed by atoms with Crippen LogP contribution in [0.3, 0.4) is 0 Å². The molecule has 0 saturated carbocycles. The van der Waals surface area contributed by atoms with Crippen LogP contribution in [0.5, 0.6) is 0 Å². The second-order valence-electron chi connectivity index (χ2n) is 10.6. The van der Waals surface area contributed by atoms with E-state index >= 15 is 0 Å². The summed E-state index contributed by atoms with van der Waals surface area (Å²) in [6.07, 6.45) is 3.17. The fourth-order valence-electron chi connectivity index (χ4n) is 5.15. The van der Waals surface area contributed by atoms with Gasteiger partial charge < -0.3 is 15.3 Å². The van der Waals surface area contributed by atoms with Gasteiger partial charge in [0.1, 0.15) is 18.0 Å². The number of anilines is 3. The molecule has 0 bridgehead atoms. The van der Waals surface area contributed by atoms with Crippen LogP contribution in [0.1, 0.15) is 43.9 Å². The van der Waals surface area contributed by atoms with Crippen LogP contribution in [0.2, 0.25) is 0 Å². The van der Waals surface area contributed by atoms with E-state index in [9.17, 15) is 5.11 Å². The van der Waals surface area contributed by atoms with Gasteiger partial charge in [0.05, 0.1) is 6.10 Å². The maximum atomic E-state index is 11.1. The highest BCUT2D eigenvalue weighted by molar-refractivity contribution is 5.60. The molecule has 2 N–H and O–H groups in total. The molecule has 0 aliphatic carbocycles. The third-order valence-electron chi connectivity index (χ3n) is 7.15. The molecule has 34 heavy (non-hydrogen) atoms.